The van der Waals surface area contributed by atoms with Crippen LogP contribution in [-0.2, 0) is 4.79 Å². The zero-order chi connectivity index (χ0) is 14.7. The van der Waals surface area contributed by atoms with Gasteiger partial charge in [-0.15, -0.1) is 0 Å². The van der Waals surface area contributed by atoms with Gasteiger partial charge in [-0.1, -0.05) is 33.6 Å². The van der Waals surface area contributed by atoms with Gasteiger partial charge in [0.15, 0.2) is 0 Å². The molecule has 116 valence electrons. The summed E-state index contributed by atoms with van der Waals surface area (Å²) in [6.07, 6.45) is 8.18. The Morgan fingerprint density at radius 3 is 2.40 bits per heavy atom. The van der Waals surface area contributed by atoms with Crippen molar-refractivity contribution in [1.29, 1.82) is 0 Å². The van der Waals surface area contributed by atoms with E-state index in [1.807, 2.05) is 0 Å². The third-order valence-corrected chi connectivity index (χ3v) is 5.19. The van der Waals surface area contributed by atoms with Gasteiger partial charge in [-0.05, 0) is 43.9 Å². The topological polar surface area (TPSA) is 40.5 Å². The molecule has 20 heavy (non-hydrogen) atoms. The number of nitrogens with zero attached hydrogens (tertiary/aromatic N) is 1. The first-order valence-electron chi connectivity index (χ1n) is 8.47. The predicted octanol–water partition coefficient (Wildman–Crippen LogP) is 3.78. The zero-order valence-corrected chi connectivity index (χ0v) is 13.3. The fraction of sp³-hybridized carbons (Fsp3) is 0.941. The Hall–Kier alpha value is -0.570. The molecule has 0 amide bonds. The van der Waals surface area contributed by atoms with Crippen LogP contribution in [0.3, 0.4) is 0 Å². The van der Waals surface area contributed by atoms with Crippen LogP contribution in [0.4, 0.5) is 0 Å². The van der Waals surface area contributed by atoms with Crippen molar-refractivity contribution in [3.8, 4) is 0 Å². The molecule has 0 aliphatic heterocycles. The Labute approximate surface area is 123 Å². The summed E-state index contributed by atoms with van der Waals surface area (Å²) in [7, 11) is 0. The van der Waals surface area contributed by atoms with Crippen LogP contribution < -0.4 is 0 Å². The Balaban J connectivity index is 2.16. The minimum Gasteiger partial charge on any atom is -0.481 e. The molecule has 3 heteroatoms. The number of carboxylic acids is 1. The summed E-state index contributed by atoms with van der Waals surface area (Å²) in [5, 5.41) is 9.59. The molecule has 0 saturated heterocycles. The van der Waals surface area contributed by atoms with Crippen LogP contribution in [0, 0.1) is 17.8 Å². The maximum absolute atomic E-state index is 11.6. The average molecular weight is 281 g/mol. The Morgan fingerprint density at radius 2 is 1.85 bits per heavy atom. The summed E-state index contributed by atoms with van der Waals surface area (Å²) in [6, 6.07) is 0.899. The molecule has 0 bridgehead atoms. The lowest BCUT2D eigenvalue weighted by atomic mass is 9.77. The second-order valence-corrected chi connectivity index (χ2v) is 7.46. The van der Waals surface area contributed by atoms with E-state index in [-0.39, 0.29) is 12.0 Å². The van der Waals surface area contributed by atoms with Crippen molar-refractivity contribution in [2.75, 3.05) is 6.54 Å². The average Bonchev–Trinajstić information content (AvgIpc) is 2.88. The van der Waals surface area contributed by atoms with Crippen LogP contribution in [0.5, 0.6) is 0 Å². The van der Waals surface area contributed by atoms with E-state index in [9.17, 15) is 9.90 Å². The van der Waals surface area contributed by atoms with Gasteiger partial charge in [0.05, 0.1) is 5.92 Å². The molecule has 3 unspecified atom stereocenters. The van der Waals surface area contributed by atoms with E-state index in [4.69, 9.17) is 0 Å². The maximum atomic E-state index is 11.6. The maximum Gasteiger partial charge on any atom is 0.308 e. The van der Waals surface area contributed by atoms with E-state index < -0.39 is 5.97 Å². The third kappa shape index (κ3) is 3.75. The highest BCUT2D eigenvalue weighted by Gasteiger charge is 2.40. The van der Waals surface area contributed by atoms with Gasteiger partial charge in [0.2, 0.25) is 0 Å². The number of aliphatic carboxylic acids is 1. The summed E-state index contributed by atoms with van der Waals surface area (Å²) in [4.78, 5) is 14.2. The highest BCUT2D eigenvalue weighted by atomic mass is 16.4. The normalized spacial score (nSPS) is 32.1. The molecule has 2 rings (SSSR count). The first kappa shape index (κ1) is 15.8. The fourth-order valence-corrected chi connectivity index (χ4v) is 4.22. The molecule has 2 fully saturated rings. The Morgan fingerprint density at radius 1 is 1.20 bits per heavy atom. The van der Waals surface area contributed by atoms with Gasteiger partial charge in [-0.2, -0.15) is 0 Å². The quantitative estimate of drug-likeness (QED) is 0.834. The van der Waals surface area contributed by atoms with E-state index >= 15 is 0 Å². The van der Waals surface area contributed by atoms with E-state index in [2.05, 4.69) is 25.7 Å². The zero-order valence-electron chi connectivity index (χ0n) is 13.3. The van der Waals surface area contributed by atoms with Gasteiger partial charge in [0.25, 0.3) is 0 Å². The molecule has 0 aromatic carbocycles. The summed E-state index contributed by atoms with van der Waals surface area (Å²) in [6.45, 7) is 7.85. The molecular weight excluding hydrogens is 250 g/mol. The molecule has 0 spiro atoms. The SMILES string of the molecule is CC(C)CN(C1CCCC1)C1CC(C)CCC1C(=O)O. The molecule has 2 aliphatic carbocycles. The Kier molecular flexibility index (Phi) is 5.48. The van der Waals surface area contributed by atoms with Gasteiger partial charge in [-0.3, -0.25) is 9.69 Å². The van der Waals surface area contributed by atoms with Crippen molar-refractivity contribution in [3.05, 3.63) is 0 Å². The van der Waals surface area contributed by atoms with Crippen LogP contribution in [0.25, 0.3) is 0 Å². The molecule has 0 aromatic rings. The minimum atomic E-state index is -0.575. The molecule has 3 atom stereocenters. The highest BCUT2D eigenvalue weighted by molar-refractivity contribution is 5.71. The molecule has 0 aromatic heterocycles. The van der Waals surface area contributed by atoms with Crippen LogP contribution in [-0.4, -0.2) is 34.6 Å². The van der Waals surface area contributed by atoms with E-state index in [0.717, 1.165) is 25.8 Å². The lowest BCUT2D eigenvalue weighted by molar-refractivity contribution is -0.147. The Bertz CT molecular complexity index is 323. The van der Waals surface area contributed by atoms with Crippen molar-refractivity contribution in [3.63, 3.8) is 0 Å². The van der Waals surface area contributed by atoms with Gasteiger partial charge >= 0.3 is 5.97 Å². The van der Waals surface area contributed by atoms with E-state index in [1.54, 1.807) is 0 Å². The van der Waals surface area contributed by atoms with Crippen molar-refractivity contribution < 1.29 is 9.90 Å². The number of hydrogen-bond acceptors (Lipinski definition) is 2. The first-order valence-corrected chi connectivity index (χ1v) is 8.47. The molecule has 3 nitrogen and oxygen atoms in total. The van der Waals surface area contributed by atoms with E-state index in [1.165, 1.54) is 25.7 Å². The second kappa shape index (κ2) is 6.93. The molecule has 2 aliphatic rings. The predicted molar refractivity (Wildman–Crippen MR) is 81.7 cm³/mol. The molecular formula is C17H31NO2. The lowest BCUT2D eigenvalue weighted by Crippen LogP contribution is -2.51. The van der Waals surface area contributed by atoms with Crippen LogP contribution in [0.2, 0.25) is 0 Å². The largest absolute Gasteiger partial charge is 0.481 e. The summed E-state index contributed by atoms with van der Waals surface area (Å²) in [5.74, 6) is 0.563. The highest BCUT2D eigenvalue weighted by Crippen LogP contribution is 2.36. The van der Waals surface area contributed by atoms with E-state index in [0.29, 0.717) is 17.9 Å². The standard InChI is InChI=1S/C17H31NO2/c1-12(2)11-18(14-6-4-5-7-14)16-10-13(3)8-9-15(16)17(19)20/h12-16H,4-11H2,1-3H3,(H,19,20). The van der Waals surface area contributed by atoms with Crippen molar-refractivity contribution >= 4 is 5.97 Å². The smallest absolute Gasteiger partial charge is 0.308 e. The van der Waals surface area contributed by atoms with Gasteiger partial charge in [0.1, 0.15) is 0 Å². The van der Waals surface area contributed by atoms with Gasteiger partial charge in [-0.25, -0.2) is 0 Å². The fourth-order valence-electron chi connectivity index (χ4n) is 4.22. The number of hydrogen-bond donors (Lipinski definition) is 1. The number of rotatable bonds is 5. The molecule has 2 saturated carbocycles. The summed E-state index contributed by atoms with van der Waals surface area (Å²) in [5.41, 5.74) is 0. The second-order valence-electron chi connectivity index (χ2n) is 7.46. The van der Waals surface area contributed by atoms with Crippen molar-refractivity contribution in [1.82, 2.24) is 4.90 Å². The van der Waals surface area contributed by atoms with Crippen LogP contribution >= 0.6 is 0 Å². The first-order chi connectivity index (χ1) is 9.49. The third-order valence-electron chi connectivity index (χ3n) is 5.19. The number of carbonyl (C=O) groups is 1. The van der Waals surface area contributed by atoms with Gasteiger partial charge < -0.3 is 5.11 Å². The molecule has 0 radical (unpaired) electrons. The van der Waals surface area contributed by atoms with Crippen molar-refractivity contribution in [2.24, 2.45) is 17.8 Å². The summed E-state index contributed by atoms with van der Waals surface area (Å²) >= 11 is 0. The lowest BCUT2D eigenvalue weighted by Gasteiger charge is -2.44. The van der Waals surface area contributed by atoms with Gasteiger partial charge in [0, 0.05) is 18.6 Å². The minimum absolute atomic E-state index is 0.148. The van der Waals surface area contributed by atoms with Crippen molar-refractivity contribution in [2.45, 2.75) is 77.8 Å². The molecule has 1 N–H and O–H groups in total. The van der Waals surface area contributed by atoms with Crippen LogP contribution in [0.15, 0.2) is 0 Å². The number of carboxylic acid groups (broad SMARTS) is 1. The summed E-state index contributed by atoms with van der Waals surface area (Å²) < 4.78 is 0. The molecule has 0 heterocycles. The monoisotopic (exact) mass is 281 g/mol. The van der Waals surface area contributed by atoms with Crippen LogP contribution in [0.1, 0.15) is 65.7 Å².